The fourth-order valence-electron chi connectivity index (χ4n) is 3.52. The summed E-state index contributed by atoms with van der Waals surface area (Å²) in [6, 6.07) is 11.1. The fraction of sp³-hybridized carbons (Fsp3) is 0.400. The second kappa shape index (κ2) is 14.2. The molecule has 208 valence electrons. The van der Waals surface area contributed by atoms with Crippen molar-refractivity contribution < 1.29 is 32.0 Å². The Morgan fingerprint density at radius 1 is 0.974 bits per heavy atom. The SMILES string of the molecule is CCN(CC)c1nc(NCCNC(=O)c2cc(OC)c(OC)c(OC)c2)c2ccccc2n1.CS(=O)(=O)O. The van der Waals surface area contributed by atoms with Crippen molar-refractivity contribution in [1.29, 1.82) is 0 Å². The molecule has 3 rings (SSSR count). The Balaban J connectivity index is 0.000000926. The Morgan fingerprint density at radius 3 is 2.08 bits per heavy atom. The Bertz CT molecular complexity index is 1300. The average Bonchev–Trinajstić information content (AvgIpc) is 2.89. The molecule has 0 spiro atoms. The summed E-state index contributed by atoms with van der Waals surface area (Å²) < 4.78 is 41.8. The van der Waals surface area contributed by atoms with Crippen LogP contribution >= 0.6 is 0 Å². The molecule has 0 fully saturated rings. The lowest BCUT2D eigenvalue weighted by molar-refractivity contribution is 0.0954. The number of fused-ring (bicyclic) bond motifs is 1. The molecule has 1 amide bonds. The molecule has 0 saturated heterocycles. The van der Waals surface area contributed by atoms with Gasteiger partial charge in [0, 0.05) is 37.1 Å². The van der Waals surface area contributed by atoms with Crippen LogP contribution in [-0.4, -0.2) is 82.6 Å². The van der Waals surface area contributed by atoms with Crippen molar-refractivity contribution in [3.63, 3.8) is 0 Å². The molecule has 2 aromatic carbocycles. The Labute approximate surface area is 223 Å². The highest BCUT2D eigenvalue weighted by molar-refractivity contribution is 7.85. The number of aromatic nitrogens is 2. The highest BCUT2D eigenvalue weighted by Crippen LogP contribution is 2.38. The zero-order valence-corrected chi connectivity index (χ0v) is 23.3. The molecule has 0 aliphatic rings. The van der Waals surface area contributed by atoms with Crippen molar-refractivity contribution >= 4 is 38.7 Å². The summed E-state index contributed by atoms with van der Waals surface area (Å²) in [4.78, 5) is 24.2. The summed E-state index contributed by atoms with van der Waals surface area (Å²) in [6.07, 6.45) is 0.715. The fourth-order valence-corrected chi connectivity index (χ4v) is 3.52. The van der Waals surface area contributed by atoms with Crippen molar-refractivity contribution in [3.8, 4) is 17.2 Å². The number of benzene rings is 2. The standard InChI is InChI=1S/C24H31N5O4.CH4O3S/c1-6-29(7-2)24-27-18-11-9-8-10-17(18)22(28-24)25-12-13-26-23(30)16-14-19(31-3)21(33-5)20(15-16)32-4;1-5(2,3)4/h8-11,14-15H,6-7,12-13H2,1-5H3,(H,26,30)(H,25,27,28);1H3,(H,2,3,4). The first-order valence-corrected chi connectivity index (χ1v) is 13.7. The number of nitrogens with zero attached hydrogens (tertiary/aromatic N) is 3. The zero-order chi connectivity index (χ0) is 28.3. The van der Waals surface area contributed by atoms with E-state index in [0.29, 0.717) is 48.1 Å². The van der Waals surface area contributed by atoms with Crippen molar-refractivity contribution in [1.82, 2.24) is 15.3 Å². The van der Waals surface area contributed by atoms with Gasteiger partial charge in [0.2, 0.25) is 11.7 Å². The number of amides is 1. The predicted octanol–water partition coefficient (Wildman–Crippen LogP) is 2.85. The summed E-state index contributed by atoms with van der Waals surface area (Å²) >= 11 is 0. The molecule has 0 atom stereocenters. The molecule has 0 bridgehead atoms. The van der Waals surface area contributed by atoms with Crippen LogP contribution in [0.3, 0.4) is 0 Å². The van der Waals surface area contributed by atoms with Gasteiger partial charge in [-0.15, -0.1) is 0 Å². The molecule has 12 nitrogen and oxygen atoms in total. The molecule has 3 N–H and O–H groups in total. The highest BCUT2D eigenvalue weighted by atomic mass is 32.2. The minimum Gasteiger partial charge on any atom is -0.493 e. The van der Waals surface area contributed by atoms with E-state index >= 15 is 0 Å². The van der Waals surface area contributed by atoms with E-state index in [1.807, 2.05) is 24.3 Å². The van der Waals surface area contributed by atoms with E-state index in [0.717, 1.165) is 29.8 Å². The molecule has 0 aliphatic heterocycles. The van der Waals surface area contributed by atoms with Gasteiger partial charge >= 0.3 is 0 Å². The van der Waals surface area contributed by atoms with Gasteiger partial charge in [-0.3, -0.25) is 9.35 Å². The molecule has 0 aliphatic carbocycles. The lowest BCUT2D eigenvalue weighted by Gasteiger charge is -2.20. The number of ether oxygens (including phenoxy) is 3. The summed E-state index contributed by atoms with van der Waals surface area (Å²) in [5.74, 6) is 2.48. The van der Waals surface area contributed by atoms with E-state index in [4.69, 9.17) is 28.7 Å². The number of nitrogens with one attached hydrogen (secondary N) is 2. The third-order valence-corrected chi connectivity index (χ3v) is 5.27. The Morgan fingerprint density at radius 2 is 1.55 bits per heavy atom. The van der Waals surface area contributed by atoms with E-state index in [1.54, 1.807) is 12.1 Å². The van der Waals surface area contributed by atoms with Crippen LogP contribution in [0.2, 0.25) is 0 Å². The maximum absolute atomic E-state index is 12.7. The second-order valence-electron chi connectivity index (χ2n) is 7.89. The van der Waals surface area contributed by atoms with E-state index in [9.17, 15) is 13.2 Å². The Hall–Kier alpha value is -3.84. The molecule has 0 unspecified atom stereocenters. The van der Waals surface area contributed by atoms with Crippen LogP contribution in [0.1, 0.15) is 24.2 Å². The molecule has 1 heterocycles. The van der Waals surface area contributed by atoms with Gasteiger partial charge in [0.25, 0.3) is 16.0 Å². The van der Waals surface area contributed by atoms with Crippen LogP contribution in [-0.2, 0) is 10.1 Å². The quantitative estimate of drug-likeness (QED) is 0.239. The third kappa shape index (κ3) is 8.63. The number of anilines is 2. The molecule has 0 radical (unpaired) electrons. The minimum absolute atomic E-state index is 0.243. The van der Waals surface area contributed by atoms with E-state index in [-0.39, 0.29) is 5.91 Å². The summed E-state index contributed by atoms with van der Waals surface area (Å²) in [6.45, 7) is 6.68. The lowest BCUT2D eigenvalue weighted by atomic mass is 10.1. The normalized spacial score (nSPS) is 10.7. The third-order valence-electron chi connectivity index (χ3n) is 5.27. The van der Waals surface area contributed by atoms with E-state index in [1.165, 1.54) is 21.3 Å². The first kappa shape index (κ1) is 30.4. The number of rotatable bonds is 11. The number of carbonyl (C=O) groups is 1. The van der Waals surface area contributed by atoms with Crippen LogP contribution in [0.5, 0.6) is 17.2 Å². The Kier molecular flexibility index (Phi) is 11.3. The molecule has 38 heavy (non-hydrogen) atoms. The summed E-state index contributed by atoms with van der Waals surface area (Å²) in [7, 11) is 0.886. The highest BCUT2D eigenvalue weighted by Gasteiger charge is 2.17. The average molecular weight is 550 g/mol. The largest absolute Gasteiger partial charge is 0.493 e. The van der Waals surface area contributed by atoms with Gasteiger partial charge in [-0.05, 0) is 38.1 Å². The molecule has 3 aromatic rings. The number of hydrogen-bond acceptors (Lipinski definition) is 10. The van der Waals surface area contributed by atoms with Gasteiger partial charge < -0.3 is 29.7 Å². The van der Waals surface area contributed by atoms with Crippen LogP contribution in [0, 0.1) is 0 Å². The van der Waals surface area contributed by atoms with Gasteiger partial charge in [-0.2, -0.15) is 13.4 Å². The molecular formula is C25H35N5O7S. The monoisotopic (exact) mass is 549 g/mol. The summed E-state index contributed by atoms with van der Waals surface area (Å²) in [5.41, 5.74) is 1.29. The smallest absolute Gasteiger partial charge is 0.261 e. The van der Waals surface area contributed by atoms with Crippen LogP contribution < -0.4 is 29.7 Å². The number of hydrogen-bond donors (Lipinski definition) is 3. The maximum Gasteiger partial charge on any atom is 0.261 e. The minimum atomic E-state index is -3.67. The van der Waals surface area contributed by atoms with Crippen molar-refractivity contribution in [2.24, 2.45) is 0 Å². The van der Waals surface area contributed by atoms with Crippen LogP contribution in [0.25, 0.3) is 10.9 Å². The van der Waals surface area contributed by atoms with Crippen molar-refractivity contribution in [2.45, 2.75) is 13.8 Å². The lowest BCUT2D eigenvalue weighted by Crippen LogP contribution is -2.29. The van der Waals surface area contributed by atoms with Gasteiger partial charge in [-0.25, -0.2) is 4.98 Å². The maximum atomic E-state index is 12.7. The van der Waals surface area contributed by atoms with E-state index < -0.39 is 10.1 Å². The molecule has 0 saturated carbocycles. The molecule has 1 aromatic heterocycles. The van der Waals surface area contributed by atoms with Crippen LogP contribution in [0.15, 0.2) is 36.4 Å². The number of methoxy groups -OCH3 is 3. The molecule has 13 heteroatoms. The van der Waals surface area contributed by atoms with Crippen LogP contribution in [0.4, 0.5) is 11.8 Å². The number of para-hydroxylation sites is 1. The second-order valence-corrected chi connectivity index (χ2v) is 9.36. The van der Waals surface area contributed by atoms with E-state index in [2.05, 4.69) is 29.4 Å². The first-order valence-electron chi connectivity index (χ1n) is 11.8. The van der Waals surface area contributed by atoms with Gasteiger partial charge in [0.1, 0.15) is 5.82 Å². The molecular weight excluding hydrogens is 514 g/mol. The van der Waals surface area contributed by atoms with Crippen molar-refractivity contribution in [2.75, 3.05) is 64.0 Å². The van der Waals surface area contributed by atoms with Crippen molar-refractivity contribution in [3.05, 3.63) is 42.0 Å². The topological polar surface area (TPSA) is 152 Å². The predicted molar refractivity (Wildman–Crippen MR) is 147 cm³/mol. The zero-order valence-electron chi connectivity index (χ0n) is 22.4. The van der Waals surface area contributed by atoms with Gasteiger partial charge in [0.15, 0.2) is 11.5 Å². The van der Waals surface area contributed by atoms with Gasteiger partial charge in [-0.1, -0.05) is 12.1 Å². The number of carbonyl (C=O) groups excluding carboxylic acids is 1. The van der Waals surface area contributed by atoms with Gasteiger partial charge in [0.05, 0.1) is 33.1 Å². The summed E-state index contributed by atoms with van der Waals surface area (Å²) in [5, 5.41) is 7.18. The first-order chi connectivity index (χ1) is 18.1.